The molecular formula is C12H18N4O4S. The number of hydrogen-bond acceptors (Lipinski definition) is 7. The smallest absolute Gasteiger partial charge is 0.341 e. The van der Waals surface area contributed by atoms with E-state index in [1.54, 1.807) is 0 Å². The Morgan fingerprint density at radius 1 is 1.33 bits per heavy atom. The number of pyridine rings is 1. The van der Waals surface area contributed by atoms with Gasteiger partial charge in [0.2, 0.25) is 10.0 Å². The SMILES string of the molecule is COC(=O)c1cc(N)cnc1N1CCN(S(C)(=O)=O)CC1. The summed E-state index contributed by atoms with van der Waals surface area (Å²) in [5.74, 6) is -0.0560. The molecule has 0 unspecified atom stereocenters. The number of carbonyl (C=O) groups excluding carboxylic acids is 1. The van der Waals surface area contributed by atoms with E-state index in [0.717, 1.165) is 0 Å². The van der Waals surface area contributed by atoms with Gasteiger partial charge in [-0.2, -0.15) is 4.31 Å². The van der Waals surface area contributed by atoms with E-state index >= 15 is 0 Å². The van der Waals surface area contributed by atoms with E-state index in [4.69, 9.17) is 10.5 Å². The van der Waals surface area contributed by atoms with Crippen molar-refractivity contribution < 1.29 is 17.9 Å². The molecule has 1 aromatic rings. The first kappa shape index (κ1) is 15.5. The highest BCUT2D eigenvalue weighted by atomic mass is 32.2. The number of hydrogen-bond donors (Lipinski definition) is 1. The van der Waals surface area contributed by atoms with Gasteiger partial charge in [-0.3, -0.25) is 0 Å². The maximum absolute atomic E-state index is 11.8. The fourth-order valence-corrected chi connectivity index (χ4v) is 3.04. The summed E-state index contributed by atoms with van der Waals surface area (Å²) in [6.07, 6.45) is 2.65. The highest BCUT2D eigenvalue weighted by Gasteiger charge is 2.26. The Bertz CT molecular complexity index is 639. The Kier molecular flexibility index (Phi) is 4.33. The van der Waals surface area contributed by atoms with E-state index in [-0.39, 0.29) is 5.56 Å². The maximum Gasteiger partial charge on any atom is 0.341 e. The third-order valence-corrected chi connectivity index (χ3v) is 4.60. The molecule has 116 valence electrons. The van der Waals surface area contributed by atoms with Crippen LogP contribution < -0.4 is 10.6 Å². The lowest BCUT2D eigenvalue weighted by Gasteiger charge is -2.34. The van der Waals surface area contributed by atoms with E-state index in [2.05, 4.69) is 4.98 Å². The van der Waals surface area contributed by atoms with Crippen molar-refractivity contribution in [2.45, 2.75) is 0 Å². The average Bonchev–Trinajstić information content (AvgIpc) is 2.45. The lowest BCUT2D eigenvalue weighted by molar-refractivity contribution is 0.0601. The fourth-order valence-electron chi connectivity index (χ4n) is 2.22. The molecule has 21 heavy (non-hydrogen) atoms. The van der Waals surface area contributed by atoms with Gasteiger partial charge < -0.3 is 15.4 Å². The number of sulfonamides is 1. The Labute approximate surface area is 123 Å². The molecule has 1 saturated heterocycles. The van der Waals surface area contributed by atoms with Crippen molar-refractivity contribution in [3.05, 3.63) is 17.8 Å². The van der Waals surface area contributed by atoms with Crippen molar-refractivity contribution >= 4 is 27.5 Å². The molecule has 1 aromatic heterocycles. The summed E-state index contributed by atoms with van der Waals surface area (Å²) >= 11 is 0. The summed E-state index contributed by atoms with van der Waals surface area (Å²) in [5.41, 5.74) is 6.30. The van der Waals surface area contributed by atoms with Crippen LogP contribution in [0.15, 0.2) is 12.3 Å². The zero-order valence-electron chi connectivity index (χ0n) is 11.9. The Morgan fingerprint density at radius 3 is 2.48 bits per heavy atom. The molecule has 1 fully saturated rings. The summed E-state index contributed by atoms with van der Waals surface area (Å²) in [5, 5.41) is 0. The zero-order valence-corrected chi connectivity index (χ0v) is 12.8. The van der Waals surface area contributed by atoms with E-state index < -0.39 is 16.0 Å². The van der Waals surface area contributed by atoms with Gasteiger partial charge in [-0.15, -0.1) is 0 Å². The first-order valence-corrected chi connectivity index (χ1v) is 8.21. The number of methoxy groups -OCH3 is 1. The predicted molar refractivity (Wildman–Crippen MR) is 78.6 cm³/mol. The number of nitrogen functional groups attached to an aromatic ring is 1. The molecule has 0 aliphatic carbocycles. The highest BCUT2D eigenvalue weighted by molar-refractivity contribution is 7.88. The van der Waals surface area contributed by atoms with Gasteiger partial charge in [0, 0.05) is 26.2 Å². The van der Waals surface area contributed by atoms with Crippen LogP contribution in [-0.2, 0) is 14.8 Å². The first-order valence-electron chi connectivity index (χ1n) is 6.37. The Balaban J connectivity index is 2.22. The van der Waals surface area contributed by atoms with Crippen LogP contribution in [0.2, 0.25) is 0 Å². The lowest BCUT2D eigenvalue weighted by Crippen LogP contribution is -2.49. The topological polar surface area (TPSA) is 106 Å². The number of ether oxygens (including phenoxy) is 1. The normalized spacial score (nSPS) is 16.8. The van der Waals surface area contributed by atoms with Crippen LogP contribution in [0.4, 0.5) is 11.5 Å². The van der Waals surface area contributed by atoms with Gasteiger partial charge in [0.25, 0.3) is 0 Å². The molecule has 0 aromatic carbocycles. The number of aromatic nitrogens is 1. The molecule has 2 N–H and O–H groups in total. The van der Waals surface area contributed by atoms with Crippen molar-refractivity contribution in [1.29, 1.82) is 0 Å². The largest absolute Gasteiger partial charge is 0.465 e. The number of nitrogens with two attached hydrogens (primary N) is 1. The third kappa shape index (κ3) is 3.42. The number of nitrogens with zero attached hydrogens (tertiary/aromatic N) is 3. The molecule has 0 amide bonds. The number of carbonyl (C=O) groups is 1. The molecule has 0 atom stereocenters. The Morgan fingerprint density at radius 2 is 1.95 bits per heavy atom. The summed E-state index contributed by atoms with van der Waals surface area (Å²) in [6.45, 7) is 1.61. The number of esters is 1. The monoisotopic (exact) mass is 314 g/mol. The molecule has 9 heteroatoms. The summed E-state index contributed by atoms with van der Waals surface area (Å²) in [4.78, 5) is 17.8. The van der Waals surface area contributed by atoms with Gasteiger partial charge in [0.1, 0.15) is 11.4 Å². The molecular weight excluding hydrogens is 296 g/mol. The van der Waals surface area contributed by atoms with Crippen molar-refractivity contribution in [2.75, 3.05) is 50.2 Å². The Hall–Kier alpha value is -1.87. The second kappa shape index (κ2) is 5.86. The highest BCUT2D eigenvalue weighted by Crippen LogP contribution is 2.22. The molecule has 0 saturated carbocycles. The van der Waals surface area contributed by atoms with Crippen molar-refractivity contribution in [1.82, 2.24) is 9.29 Å². The van der Waals surface area contributed by atoms with Crippen molar-refractivity contribution in [3.63, 3.8) is 0 Å². The van der Waals surface area contributed by atoms with Crippen molar-refractivity contribution in [3.8, 4) is 0 Å². The number of piperazine rings is 1. The molecule has 2 rings (SSSR count). The minimum Gasteiger partial charge on any atom is -0.465 e. The van der Waals surface area contributed by atoms with E-state index in [1.165, 1.54) is 29.9 Å². The summed E-state index contributed by atoms with van der Waals surface area (Å²) in [6, 6.07) is 1.51. The maximum atomic E-state index is 11.8. The summed E-state index contributed by atoms with van der Waals surface area (Å²) < 4.78 is 29.1. The zero-order chi connectivity index (χ0) is 15.6. The van der Waals surface area contributed by atoms with E-state index in [9.17, 15) is 13.2 Å². The quantitative estimate of drug-likeness (QED) is 0.752. The van der Waals surface area contributed by atoms with Gasteiger partial charge in [-0.05, 0) is 6.07 Å². The van der Waals surface area contributed by atoms with Gasteiger partial charge in [-0.25, -0.2) is 18.2 Å². The van der Waals surface area contributed by atoms with Crippen LogP contribution in [0.1, 0.15) is 10.4 Å². The second-order valence-electron chi connectivity index (χ2n) is 4.78. The predicted octanol–water partition coefficient (Wildman–Crippen LogP) is -0.468. The van der Waals surface area contributed by atoms with Crippen LogP contribution in [0.3, 0.4) is 0 Å². The minimum atomic E-state index is -3.19. The van der Waals surface area contributed by atoms with Gasteiger partial charge in [0.05, 0.1) is 25.2 Å². The van der Waals surface area contributed by atoms with Crippen LogP contribution in [0.5, 0.6) is 0 Å². The van der Waals surface area contributed by atoms with Crippen molar-refractivity contribution in [2.24, 2.45) is 0 Å². The van der Waals surface area contributed by atoms with Gasteiger partial charge in [-0.1, -0.05) is 0 Å². The van der Waals surface area contributed by atoms with E-state index in [1.807, 2.05) is 4.90 Å². The summed E-state index contributed by atoms with van der Waals surface area (Å²) in [7, 11) is -1.91. The molecule has 0 radical (unpaired) electrons. The molecule has 1 aliphatic rings. The van der Waals surface area contributed by atoms with Gasteiger partial charge in [0.15, 0.2) is 0 Å². The molecule has 2 heterocycles. The molecule has 1 aliphatic heterocycles. The minimum absolute atomic E-state index is 0.283. The number of anilines is 2. The second-order valence-corrected chi connectivity index (χ2v) is 6.76. The molecule has 0 spiro atoms. The fraction of sp³-hybridized carbons (Fsp3) is 0.500. The van der Waals surface area contributed by atoms with Crippen LogP contribution in [0, 0.1) is 0 Å². The molecule has 0 bridgehead atoms. The van der Waals surface area contributed by atoms with Crippen LogP contribution >= 0.6 is 0 Å². The standard InChI is InChI=1S/C12H18N4O4S/c1-20-12(17)10-7-9(13)8-14-11(10)15-3-5-16(6-4-15)21(2,18)19/h7-8H,3-6,13H2,1-2H3. The number of rotatable bonds is 3. The average molecular weight is 314 g/mol. The van der Waals surface area contributed by atoms with Crippen LogP contribution in [-0.4, -0.2) is 63.2 Å². The first-order chi connectivity index (χ1) is 9.82. The van der Waals surface area contributed by atoms with E-state index in [0.29, 0.717) is 37.7 Å². The van der Waals surface area contributed by atoms with Gasteiger partial charge >= 0.3 is 5.97 Å². The lowest BCUT2D eigenvalue weighted by atomic mass is 10.2. The third-order valence-electron chi connectivity index (χ3n) is 3.30. The molecule has 8 nitrogen and oxygen atoms in total. The van der Waals surface area contributed by atoms with Crippen LogP contribution in [0.25, 0.3) is 0 Å².